The second-order valence-corrected chi connectivity index (χ2v) is 6.81. The number of aliphatic carboxylic acids is 1. The Bertz CT molecular complexity index is 827. The lowest BCUT2D eigenvalue weighted by atomic mass is 9.67. The van der Waals surface area contributed by atoms with E-state index < -0.39 is 17.4 Å². The highest BCUT2D eigenvalue weighted by Gasteiger charge is 2.38. The van der Waals surface area contributed by atoms with Crippen LogP contribution in [0.2, 0.25) is 0 Å². The van der Waals surface area contributed by atoms with Gasteiger partial charge in [0, 0.05) is 6.42 Å². The van der Waals surface area contributed by atoms with E-state index in [0.717, 1.165) is 16.7 Å². The topological polar surface area (TPSA) is 66.4 Å². The van der Waals surface area contributed by atoms with Crippen LogP contribution in [-0.2, 0) is 15.0 Å². The Hall–Kier alpha value is -3.40. The molecular weight excluding hydrogens is 350 g/mol. The highest BCUT2D eigenvalue weighted by molar-refractivity contribution is 5.85. The average molecular weight is 373 g/mol. The van der Waals surface area contributed by atoms with Crippen LogP contribution in [0.1, 0.15) is 30.0 Å². The van der Waals surface area contributed by atoms with Gasteiger partial charge in [0.25, 0.3) is 0 Å². The van der Waals surface area contributed by atoms with E-state index in [0.29, 0.717) is 0 Å². The number of hydrogen-bond acceptors (Lipinski definition) is 2. The van der Waals surface area contributed by atoms with E-state index in [4.69, 9.17) is 5.11 Å². The van der Waals surface area contributed by atoms with Crippen molar-refractivity contribution in [3.63, 3.8) is 0 Å². The standard InChI is InChI=1S/C24H23NO3/c1-18(23(27)28)25-22(26)17-24(19-11-5-2-6-12-19,20-13-7-3-8-14-20)21-15-9-4-10-16-21/h2-16,18H,17H2,1H3,(H,25,26)(H,27,28)/t18-/m1/s1. The van der Waals surface area contributed by atoms with Gasteiger partial charge in [-0.2, -0.15) is 0 Å². The van der Waals surface area contributed by atoms with Gasteiger partial charge in [-0.25, -0.2) is 0 Å². The highest BCUT2D eigenvalue weighted by atomic mass is 16.4. The Morgan fingerprint density at radius 1 is 0.786 bits per heavy atom. The summed E-state index contributed by atoms with van der Waals surface area (Å²) in [5.74, 6) is -1.37. The quantitative estimate of drug-likeness (QED) is 0.615. The molecule has 0 unspecified atom stereocenters. The summed E-state index contributed by atoms with van der Waals surface area (Å²) >= 11 is 0. The number of benzene rings is 3. The molecule has 0 bridgehead atoms. The smallest absolute Gasteiger partial charge is 0.325 e. The minimum Gasteiger partial charge on any atom is -0.480 e. The maximum absolute atomic E-state index is 12.9. The zero-order valence-corrected chi connectivity index (χ0v) is 15.7. The van der Waals surface area contributed by atoms with E-state index in [-0.39, 0.29) is 12.3 Å². The molecule has 0 saturated carbocycles. The molecule has 0 aromatic heterocycles. The lowest BCUT2D eigenvalue weighted by Gasteiger charge is -2.35. The average Bonchev–Trinajstić information content (AvgIpc) is 2.74. The number of amides is 1. The van der Waals surface area contributed by atoms with E-state index in [1.54, 1.807) is 0 Å². The van der Waals surface area contributed by atoms with Crippen molar-refractivity contribution in [2.75, 3.05) is 0 Å². The van der Waals surface area contributed by atoms with Crippen LogP contribution in [0.4, 0.5) is 0 Å². The molecule has 0 radical (unpaired) electrons. The lowest BCUT2D eigenvalue weighted by molar-refractivity contribution is -0.141. The van der Waals surface area contributed by atoms with Crippen molar-refractivity contribution in [1.82, 2.24) is 5.32 Å². The van der Waals surface area contributed by atoms with Crippen LogP contribution < -0.4 is 5.32 Å². The Morgan fingerprint density at radius 2 is 1.14 bits per heavy atom. The zero-order valence-electron chi connectivity index (χ0n) is 15.7. The number of hydrogen-bond donors (Lipinski definition) is 2. The minimum absolute atomic E-state index is 0.0999. The molecule has 142 valence electrons. The monoisotopic (exact) mass is 373 g/mol. The number of carboxylic acid groups (broad SMARTS) is 1. The summed E-state index contributed by atoms with van der Waals surface area (Å²) in [5.41, 5.74) is 2.20. The normalized spacial score (nSPS) is 12.2. The van der Waals surface area contributed by atoms with Crippen molar-refractivity contribution in [1.29, 1.82) is 0 Å². The molecule has 0 saturated heterocycles. The van der Waals surface area contributed by atoms with Crippen molar-refractivity contribution in [2.24, 2.45) is 0 Å². The van der Waals surface area contributed by atoms with E-state index >= 15 is 0 Å². The van der Waals surface area contributed by atoms with Gasteiger partial charge in [-0.05, 0) is 23.6 Å². The van der Waals surface area contributed by atoms with Gasteiger partial charge in [0.1, 0.15) is 6.04 Å². The van der Waals surface area contributed by atoms with Crippen LogP contribution in [0, 0.1) is 0 Å². The van der Waals surface area contributed by atoms with Gasteiger partial charge < -0.3 is 10.4 Å². The van der Waals surface area contributed by atoms with Gasteiger partial charge in [0.2, 0.25) is 5.91 Å². The fraction of sp³-hybridized carbons (Fsp3) is 0.167. The van der Waals surface area contributed by atoms with Crippen LogP contribution >= 0.6 is 0 Å². The van der Waals surface area contributed by atoms with Crippen molar-refractivity contribution in [3.8, 4) is 0 Å². The fourth-order valence-electron chi connectivity index (χ4n) is 3.57. The van der Waals surface area contributed by atoms with Gasteiger partial charge in [-0.1, -0.05) is 91.0 Å². The first-order chi connectivity index (χ1) is 13.5. The van der Waals surface area contributed by atoms with Crippen LogP contribution in [0.25, 0.3) is 0 Å². The number of nitrogens with one attached hydrogen (secondary N) is 1. The molecule has 0 heterocycles. The van der Waals surface area contributed by atoms with Crippen LogP contribution in [0.15, 0.2) is 91.0 Å². The van der Waals surface area contributed by atoms with E-state index in [2.05, 4.69) is 5.32 Å². The maximum atomic E-state index is 12.9. The van der Waals surface area contributed by atoms with Gasteiger partial charge in [-0.15, -0.1) is 0 Å². The van der Waals surface area contributed by atoms with Crippen LogP contribution in [0.5, 0.6) is 0 Å². The van der Waals surface area contributed by atoms with E-state index in [9.17, 15) is 9.59 Å². The summed E-state index contributed by atoms with van der Waals surface area (Å²) in [7, 11) is 0. The second-order valence-electron chi connectivity index (χ2n) is 6.81. The Morgan fingerprint density at radius 3 is 1.46 bits per heavy atom. The predicted octanol–water partition coefficient (Wildman–Crippen LogP) is 4.00. The molecule has 0 aliphatic carbocycles. The molecular formula is C24H23NO3. The molecule has 0 spiro atoms. The van der Waals surface area contributed by atoms with Gasteiger partial charge >= 0.3 is 5.97 Å². The summed E-state index contributed by atoms with van der Waals surface area (Å²) < 4.78 is 0. The highest BCUT2D eigenvalue weighted by Crippen LogP contribution is 2.42. The van der Waals surface area contributed by atoms with Crippen LogP contribution in [-0.4, -0.2) is 23.0 Å². The molecule has 1 atom stereocenters. The lowest BCUT2D eigenvalue weighted by Crippen LogP contribution is -2.43. The molecule has 3 rings (SSSR count). The first kappa shape index (κ1) is 19.4. The van der Waals surface area contributed by atoms with Gasteiger partial charge in [0.15, 0.2) is 0 Å². The third-order valence-electron chi connectivity index (χ3n) is 4.97. The summed E-state index contributed by atoms with van der Waals surface area (Å²) in [4.78, 5) is 24.1. The Labute approximate surface area is 164 Å². The van der Waals surface area contributed by atoms with Crippen molar-refractivity contribution in [3.05, 3.63) is 108 Å². The molecule has 0 aliphatic heterocycles. The third kappa shape index (κ3) is 3.96. The fourth-order valence-corrected chi connectivity index (χ4v) is 3.57. The van der Waals surface area contributed by atoms with E-state index in [1.165, 1.54) is 6.92 Å². The molecule has 0 aliphatic rings. The minimum atomic E-state index is -1.06. The first-order valence-electron chi connectivity index (χ1n) is 9.23. The van der Waals surface area contributed by atoms with Crippen molar-refractivity contribution < 1.29 is 14.7 Å². The van der Waals surface area contributed by atoms with Crippen molar-refractivity contribution >= 4 is 11.9 Å². The number of carbonyl (C=O) groups is 2. The first-order valence-corrected chi connectivity index (χ1v) is 9.23. The molecule has 4 heteroatoms. The number of carboxylic acids is 1. The molecule has 2 N–H and O–H groups in total. The molecule has 0 fully saturated rings. The molecule has 28 heavy (non-hydrogen) atoms. The number of rotatable bonds is 7. The summed E-state index contributed by atoms with van der Waals surface area (Å²) in [6, 6.07) is 28.6. The number of carbonyl (C=O) groups excluding carboxylic acids is 1. The second kappa shape index (κ2) is 8.53. The summed E-state index contributed by atoms with van der Waals surface area (Å²) in [6.45, 7) is 1.47. The van der Waals surface area contributed by atoms with Gasteiger partial charge in [-0.3, -0.25) is 9.59 Å². The molecule has 3 aromatic rings. The SMILES string of the molecule is C[C@@H](NC(=O)CC(c1ccccc1)(c1ccccc1)c1ccccc1)C(=O)O. The van der Waals surface area contributed by atoms with Gasteiger partial charge in [0.05, 0.1) is 5.41 Å². The van der Waals surface area contributed by atoms with Crippen molar-refractivity contribution in [2.45, 2.75) is 24.8 Å². The molecule has 3 aromatic carbocycles. The largest absolute Gasteiger partial charge is 0.480 e. The van der Waals surface area contributed by atoms with Crippen LogP contribution in [0.3, 0.4) is 0 Å². The predicted molar refractivity (Wildman–Crippen MR) is 109 cm³/mol. The third-order valence-corrected chi connectivity index (χ3v) is 4.97. The molecule has 4 nitrogen and oxygen atoms in total. The summed E-state index contributed by atoms with van der Waals surface area (Å²) in [6.07, 6.45) is 0.0999. The molecule has 1 amide bonds. The maximum Gasteiger partial charge on any atom is 0.325 e. The Balaban J connectivity index is 2.17. The zero-order chi connectivity index (χ0) is 20.0. The van der Waals surface area contributed by atoms with E-state index in [1.807, 2.05) is 91.0 Å². The summed E-state index contributed by atoms with van der Waals surface area (Å²) in [5, 5.41) is 11.8. The Kier molecular flexibility index (Phi) is 5.90.